The maximum Gasteiger partial charge on any atom is 0.107 e. The summed E-state index contributed by atoms with van der Waals surface area (Å²) in [5, 5.41) is 10.4. The first-order chi connectivity index (χ1) is 12.6. The van der Waals surface area contributed by atoms with Gasteiger partial charge in [0.15, 0.2) is 0 Å². The van der Waals surface area contributed by atoms with Crippen LogP contribution >= 0.6 is 0 Å². The van der Waals surface area contributed by atoms with Gasteiger partial charge in [0.1, 0.15) is 5.41 Å². The average Bonchev–Trinajstić information content (AvgIpc) is 2.85. The molecule has 0 saturated carbocycles. The predicted molar refractivity (Wildman–Crippen MR) is 106 cm³/mol. The van der Waals surface area contributed by atoms with Gasteiger partial charge in [0.2, 0.25) is 0 Å². The number of hydrogen-bond donors (Lipinski definition) is 0. The molecule has 2 fully saturated rings. The van der Waals surface area contributed by atoms with Gasteiger partial charge >= 0.3 is 0 Å². The smallest absolute Gasteiger partial charge is 0.107 e. The van der Waals surface area contributed by atoms with Crippen molar-refractivity contribution in [2.24, 2.45) is 5.92 Å². The summed E-state index contributed by atoms with van der Waals surface area (Å²) in [7, 11) is 4.81. The topological polar surface area (TPSA) is 23.8 Å². The second kappa shape index (κ2) is 7.78. The van der Waals surface area contributed by atoms with Crippen molar-refractivity contribution < 1.29 is 21.5 Å². The normalized spacial score (nSPS) is 26.0. The van der Waals surface area contributed by atoms with Gasteiger partial charge < -0.3 is 21.5 Å². The number of halogens is 1. The van der Waals surface area contributed by atoms with Gasteiger partial charge in [-0.25, -0.2) is 0 Å². The molecule has 4 rings (SSSR count). The summed E-state index contributed by atoms with van der Waals surface area (Å²) in [5.41, 5.74) is 1.74. The summed E-state index contributed by atoms with van der Waals surface area (Å²) >= 11 is 0. The Morgan fingerprint density at radius 2 is 1.33 bits per heavy atom. The van der Waals surface area contributed by atoms with Crippen LogP contribution in [0, 0.1) is 17.2 Å². The zero-order chi connectivity index (χ0) is 18.2. The summed E-state index contributed by atoms with van der Waals surface area (Å²) in [6, 6.07) is 25.2. The van der Waals surface area contributed by atoms with E-state index in [1.807, 2.05) is 12.1 Å². The van der Waals surface area contributed by atoms with E-state index in [0.29, 0.717) is 5.92 Å². The van der Waals surface area contributed by atoms with Crippen LogP contribution in [0.5, 0.6) is 0 Å². The maximum absolute atomic E-state index is 10.4. The number of piperidine rings is 1. The summed E-state index contributed by atoms with van der Waals surface area (Å²) in [4.78, 5) is 0. The molecule has 2 saturated heterocycles. The van der Waals surface area contributed by atoms with Crippen LogP contribution in [-0.2, 0) is 5.41 Å². The molecule has 27 heavy (non-hydrogen) atoms. The minimum atomic E-state index is -0.541. The van der Waals surface area contributed by atoms with E-state index in [9.17, 15) is 5.26 Å². The Bertz CT molecular complexity index is 739. The van der Waals surface area contributed by atoms with Crippen LogP contribution in [0.3, 0.4) is 0 Å². The van der Waals surface area contributed by atoms with Gasteiger partial charge in [-0.05, 0) is 23.5 Å². The van der Waals surface area contributed by atoms with Crippen LogP contribution in [0.25, 0.3) is 0 Å². The standard InChI is InChI=1S/C24H29N2.BrH/c1-26(2)22-13-14-23(26)16-19(15-22)17-24(18-25,20-9-5-3-6-10-20)21-11-7-4-8-12-21;/h3-12,19,22-23H,13-17H2,1-2H3;1H/q+1;/p-1/t22-,23-;/m0./s1. The highest BCUT2D eigenvalue weighted by atomic mass is 79.9. The summed E-state index contributed by atoms with van der Waals surface area (Å²) in [6.45, 7) is 0. The second-order valence-electron chi connectivity index (χ2n) is 8.80. The predicted octanol–water partition coefficient (Wildman–Crippen LogP) is 1.91. The lowest BCUT2D eigenvalue weighted by molar-refractivity contribution is -0.931. The minimum Gasteiger partial charge on any atom is -1.00 e. The van der Waals surface area contributed by atoms with Gasteiger partial charge in [-0.3, -0.25) is 0 Å². The molecule has 2 atom stereocenters. The van der Waals surface area contributed by atoms with Crippen LogP contribution in [-0.4, -0.2) is 30.7 Å². The van der Waals surface area contributed by atoms with Gasteiger partial charge in [0.25, 0.3) is 0 Å². The lowest BCUT2D eigenvalue weighted by Gasteiger charge is -2.45. The second-order valence-corrected chi connectivity index (χ2v) is 8.80. The van der Waals surface area contributed by atoms with Crippen LogP contribution in [0.2, 0.25) is 0 Å². The van der Waals surface area contributed by atoms with E-state index < -0.39 is 5.41 Å². The molecule has 142 valence electrons. The Hall–Kier alpha value is -1.63. The first-order valence-corrected chi connectivity index (χ1v) is 9.92. The molecule has 2 heterocycles. The zero-order valence-electron chi connectivity index (χ0n) is 16.3. The molecule has 0 amide bonds. The number of benzene rings is 2. The zero-order valence-corrected chi connectivity index (χ0v) is 17.9. The van der Waals surface area contributed by atoms with E-state index in [-0.39, 0.29) is 17.0 Å². The van der Waals surface area contributed by atoms with Crippen LogP contribution in [0.15, 0.2) is 60.7 Å². The Balaban J connectivity index is 0.00000210. The van der Waals surface area contributed by atoms with E-state index in [2.05, 4.69) is 68.7 Å². The van der Waals surface area contributed by atoms with Crippen molar-refractivity contribution in [3.05, 3.63) is 71.8 Å². The fourth-order valence-corrected chi connectivity index (χ4v) is 5.62. The van der Waals surface area contributed by atoms with Crippen molar-refractivity contribution in [3.63, 3.8) is 0 Å². The summed E-state index contributed by atoms with van der Waals surface area (Å²) < 4.78 is 1.19. The Morgan fingerprint density at radius 3 is 1.74 bits per heavy atom. The van der Waals surface area contributed by atoms with E-state index >= 15 is 0 Å². The molecule has 2 aliphatic rings. The first-order valence-electron chi connectivity index (χ1n) is 9.92. The fourth-order valence-electron chi connectivity index (χ4n) is 5.62. The number of nitriles is 1. The highest BCUT2D eigenvalue weighted by Crippen LogP contribution is 2.47. The molecule has 0 unspecified atom stereocenters. The van der Waals surface area contributed by atoms with E-state index in [1.54, 1.807) is 0 Å². The molecule has 0 spiro atoms. The average molecular weight is 425 g/mol. The molecule has 0 radical (unpaired) electrons. The molecular weight excluding hydrogens is 396 g/mol. The third-order valence-corrected chi connectivity index (χ3v) is 7.25. The summed E-state index contributed by atoms with van der Waals surface area (Å²) in [5.74, 6) is 0.624. The van der Waals surface area contributed by atoms with Crippen molar-refractivity contribution in [1.29, 1.82) is 5.26 Å². The molecule has 0 aliphatic carbocycles. The molecule has 2 aromatic carbocycles. The molecule has 0 aromatic heterocycles. The molecule has 3 heteroatoms. The van der Waals surface area contributed by atoms with Crippen LogP contribution in [0.4, 0.5) is 0 Å². The van der Waals surface area contributed by atoms with Gasteiger partial charge in [-0.15, -0.1) is 0 Å². The van der Waals surface area contributed by atoms with Crippen LogP contribution < -0.4 is 17.0 Å². The van der Waals surface area contributed by atoms with Crippen LogP contribution in [0.1, 0.15) is 43.2 Å². The fraction of sp³-hybridized carbons (Fsp3) is 0.458. The monoisotopic (exact) mass is 424 g/mol. The van der Waals surface area contributed by atoms with Crippen molar-refractivity contribution in [2.75, 3.05) is 14.1 Å². The largest absolute Gasteiger partial charge is 1.00 e. The molecule has 0 N–H and O–H groups in total. The highest BCUT2D eigenvalue weighted by molar-refractivity contribution is 5.45. The van der Waals surface area contributed by atoms with Crippen molar-refractivity contribution in [2.45, 2.75) is 49.6 Å². The lowest BCUT2D eigenvalue weighted by atomic mass is 9.67. The number of quaternary nitrogens is 1. The number of nitrogens with zero attached hydrogens (tertiary/aromatic N) is 2. The molecule has 2 nitrogen and oxygen atoms in total. The third kappa shape index (κ3) is 3.46. The van der Waals surface area contributed by atoms with Crippen molar-refractivity contribution in [1.82, 2.24) is 0 Å². The van der Waals surface area contributed by atoms with Gasteiger partial charge in [-0.2, -0.15) is 5.26 Å². The minimum absolute atomic E-state index is 0. The Morgan fingerprint density at radius 1 is 0.889 bits per heavy atom. The Labute approximate surface area is 174 Å². The van der Waals surface area contributed by atoms with Gasteiger partial charge in [0, 0.05) is 25.7 Å². The van der Waals surface area contributed by atoms with E-state index in [4.69, 9.17) is 0 Å². The number of rotatable bonds is 4. The summed E-state index contributed by atoms with van der Waals surface area (Å²) in [6.07, 6.45) is 6.15. The Kier molecular flexibility index (Phi) is 5.79. The highest BCUT2D eigenvalue weighted by Gasteiger charge is 2.50. The quantitative estimate of drug-likeness (QED) is 0.687. The molecule has 2 bridgehead atoms. The van der Waals surface area contributed by atoms with E-state index in [0.717, 1.165) is 29.6 Å². The van der Waals surface area contributed by atoms with E-state index in [1.165, 1.54) is 30.2 Å². The molecular formula is C24H29BrN2. The van der Waals surface area contributed by atoms with Gasteiger partial charge in [-0.1, -0.05) is 60.7 Å². The van der Waals surface area contributed by atoms with Gasteiger partial charge in [0.05, 0.1) is 32.2 Å². The number of hydrogen-bond acceptors (Lipinski definition) is 1. The third-order valence-electron chi connectivity index (χ3n) is 7.25. The lowest BCUT2D eigenvalue weighted by Crippen LogP contribution is -3.00. The molecule has 2 aromatic rings. The van der Waals surface area contributed by atoms with Crippen molar-refractivity contribution in [3.8, 4) is 6.07 Å². The maximum atomic E-state index is 10.4. The first kappa shape index (κ1) is 20.1. The van der Waals surface area contributed by atoms with Crippen molar-refractivity contribution >= 4 is 0 Å². The molecule has 2 aliphatic heterocycles. The number of fused-ring (bicyclic) bond motifs is 2. The SMILES string of the molecule is C[N+]1(C)[C@H]2CC[C@H]1CC(CC(C#N)(c1ccccc1)c1ccccc1)C2.[Br-].